The van der Waals surface area contributed by atoms with Gasteiger partial charge in [0.2, 0.25) is 5.91 Å². The summed E-state index contributed by atoms with van der Waals surface area (Å²) in [5, 5.41) is 2.58. The molecule has 5 rings (SSSR count). The van der Waals surface area contributed by atoms with Gasteiger partial charge in [0.25, 0.3) is 21.5 Å². The lowest BCUT2D eigenvalue weighted by atomic mass is 9.83. The Morgan fingerprint density at radius 1 is 0.974 bits per heavy atom. The predicted molar refractivity (Wildman–Crippen MR) is 142 cm³/mol. The van der Waals surface area contributed by atoms with E-state index in [0.29, 0.717) is 31.1 Å². The Bertz CT molecular complexity index is 1520. The van der Waals surface area contributed by atoms with Crippen LogP contribution in [0, 0.1) is 5.92 Å². The number of para-hydroxylation sites is 1. The lowest BCUT2D eigenvalue weighted by Gasteiger charge is -2.42. The zero-order valence-corrected chi connectivity index (χ0v) is 21.6. The number of carbonyl (C=O) groups is 2. The number of likely N-dealkylation sites (tertiary alicyclic amines) is 1. The van der Waals surface area contributed by atoms with Crippen LogP contribution in [0.15, 0.2) is 76.4 Å². The Balaban J connectivity index is 1.29. The summed E-state index contributed by atoms with van der Waals surface area (Å²) in [5.41, 5.74) is 0.804. The number of aromatic nitrogens is 1. The molecule has 10 nitrogen and oxygen atoms in total. The standard InChI is InChI=1S/C27H28N4O6S/c1-18(32)28-21-7-9-23(10-8-21)38(35,36)29-24-11-12-25-20-13-19(15-31(25)27(24)34)14-30(16-20)26(33)17-37-22-5-3-2-4-6-22/h2-12,19-20,29H,13-17H2,1H3,(H,28,32)/t19-,20+/m0/s1. The van der Waals surface area contributed by atoms with E-state index in [0.717, 1.165) is 12.1 Å². The number of nitrogens with zero attached hydrogens (tertiary/aromatic N) is 2. The first-order valence-electron chi connectivity index (χ1n) is 12.3. The van der Waals surface area contributed by atoms with Gasteiger partial charge in [0.05, 0.1) is 4.90 Å². The van der Waals surface area contributed by atoms with Crippen LogP contribution < -0.4 is 20.3 Å². The molecule has 1 saturated heterocycles. The summed E-state index contributed by atoms with van der Waals surface area (Å²) in [7, 11) is -4.02. The Morgan fingerprint density at radius 3 is 2.42 bits per heavy atom. The molecule has 38 heavy (non-hydrogen) atoms. The highest BCUT2D eigenvalue weighted by Crippen LogP contribution is 2.35. The van der Waals surface area contributed by atoms with E-state index < -0.39 is 15.6 Å². The predicted octanol–water partition coefficient (Wildman–Crippen LogP) is 2.63. The van der Waals surface area contributed by atoms with Crippen molar-refractivity contribution in [2.75, 3.05) is 29.7 Å². The molecule has 2 aromatic carbocycles. The number of anilines is 2. The van der Waals surface area contributed by atoms with Crippen molar-refractivity contribution in [2.45, 2.75) is 30.7 Å². The van der Waals surface area contributed by atoms with Gasteiger partial charge in [-0.05, 0) is 60.9 Å². The van der Waals surface area contributed by atoms with E-state index in [1.165, 1.54) is 37.3 Å². The maximum atomic E-state index is 13.3. The molecule has 2 N–H and O–H groups in total. The van der Waals surface area contributed by atoms with Crippen LogP contribution in [0.1, 0.15) is 25.0 Å². The van der Waals surface area contributed by atoms with Crippen LogP contribution in [0.4, 0.5) is 11.4 Å². The number of pyridine rings is 1. The zero-order valence-electron chi connectivity index (χ0n) is 20.8. The first kappa shape index (κ1) is 25.5. The number of rotatable bonds is 7. The molecule has 0 aliphatic carbocycles. The molecule has 2 aliphatic heterocycles. The molecular formula is C27H28N4O6S. The molecule has 2 aliphatic rings. The summed E-state index contributed by atoms with van der Waals surface area (Å²) in [6, 6.07) is 18.1. The Kier molecular flexibility index (Phi) is 6.94. The third kappa shape index (κ3) is 5.42. The highest BCUT2D eigenvalue weighted by atomic mass is 32.2. The lowest BCUT2D eigenvalue weighted by molar-refractivity contribution is -0.136. The van der Waals surface area contributed by atoms with Crippen LogP contribution in [0.25, 0.3) is 0 Å². The zero-order chi connectivity index (χ0) is 26.9. The molecule has 0 unspecified atom stereocenters. The van der Waals surface area contributed by atoms with Crippen LogP contribution in [0.2, 0.25) is 0 Å². The van der Waals surface area contributed by atoms with Gasteiger partial charge in [-0.1, -0.05) is 18.2 Å². The van der Waals surface area contributed by atoms with Gasteiger partial charge in [-0.3, -0.25) is 19.1 Å². The van der Waals surface area contributed by atoms with E-state index in [9.17, 15) is 22.8 Å². The lowest BCUT2D eigenvalue weighted by Crippen LogP contribution is -2.50. The average molecular weight is 537 g/mol. The normalized spacial score (nSPS) is 18.3. The number of hydrogen-bond donors (Lipinski definition) is 2. The minimum atomic E-state index is -4.02. The van der Waals surface area contributed by atoms with Gasteiger partial charge in [0, 0.05) is 43.9 Å². The van der Waals surface area contributed by atoms with E-state index in [4.69, 9.17) is 4.74 Å². The summed E-state index contributed by atoms with van der Waals surface area (Å²) in [6.45, 7) is 2.69. The second kappa shape index (κ2) is 10.3. The molecule has 0 spiro atoms. The van der Waals surface area contributed by atoms with Crippen LogP contribution in [0.5, 0.6) is 5.75 Å². The molecule has 3 aromatic rings. The third-order valence-corrected chi connectivity index (χ3v) is 8.17. The number of sulfonamides is 1. The Morgan fingerprint density at radius 2 is 1.71 bits per heavy atom. The van der Waals surface area contributed by atoms with E-state index in [2.05, 4.69) is 10.0 Å². The fraction of sp³-hybridized carbons (Fsp3) is 0.296. The number of nitrogens with one attached hydrogen (secondary N) is 2. The number of amides is 2. The summed E-state index contributed by atoms with van der Waals surface area (Å²) in [4.78, 5) is 39.1. The molecule has 3 heterocycles. The summed E-state index contributed by atoms with van der Waals surface area (Å²) < 4.78 is 35.5. The maximum absolute atomic E-state index is 13.3. The van der Waals surface area contributed by atoms with Gasteiger partial charge in [-0.2, -0.15) is 0 Å². The summed E-state index contributed by atoms with van der Waals surface area (Å²) in [6.07, 6.45) is 0.856. The van der Waals surface area contributed by atoms with Crippen LogP contribution >= 0.6 is 0 Å². The van der Waals surface area contributed by atoms with Gasteiger partial charge < -0.3 is 19.5 Å². The van der Waals surface area contributed by atoms with Crippen molar-refractivity contribution < 1.29 is 22.7 Å². The summed E-state index contributed by atoms with van der Waals surface area (Å²) >= 11 is 0. The van der Waals surface area contributed by atoms with Crippen molar-refractivity contribution in [3.05, 3.63) is 82.8 Å². The SMILES string of the molecule is CC(=O)Nc1ccc(S(=O)(=O)Nc2ccc3n(c2=O)C[C@H]2C[C@@H]3CN(C(=O)COc3ccccc3)C2)cc1. The number of ether oxygens (including phenoxy) is 1. The molecule has 11 heteroatoms. The van der Waals surface area contributed by atoms with Crippen LogP contribution in [0.3, 0.4) is 0 Å². The number of benzene rings is 2. The van der Waals surface area contributed by atoms with E-state index in [1.807, 2.05) is 18.2 Å². The van der Waals surface area contributed by atoms with Crippen molar-refractivity contribution in [3.63, 3.8) is 0 Å². The first-order chi connectivity index (χ1) is 18.2. The van der Waals surface area contributed by atoms with Crippen LogP contribution in [-0.4, -0.2) is 49.4 Å². The molecule has 1 aromatic heterocycles. The molecule has 2 bridgehead atoms. The van der Waals surface area contributed by atoms with Gasteiger partial charge in [-0.15, -0.1) is 0 Å². The molecule has 0 radical (unpaired) electrons. The number of hydrogen-bond acceptors (Lipinski definition) is 6. The third-order valence-electron chi connectivity index (χ3n) is 6.79. The van der Waals surface area contributed by atoms with Crippen molar-refractivity contribution in [1.29, 1.82) is 0 Å². The van der Waals surface area contributed by atoms with Gasteiger partial charge in [0.1, 0.15) is 11.4 Å². The van der Waals surface area contributed by atoms with Crippen LogP contribution in [-0.2, 0) is 26.2 Å². The molecule has 2 amide bonds. The number of carbonyl (C=O) groups excluding carboxylic acids is 2. The molecule has 0 saturated carbocycles. The largest absolute Gasteiger partial charge is 0.484 e. The highest BCUT2D eigenvalue weighted by molar-refractivity contribution is 7.92. The van der Waals surface area contributed by atoms with Crippen molar-refractivity contribution >= 4 is 33.2 Å². The fourth-order valence-corrected chi connectivity index (χ4v) is 6.16. The molecule has 2 atom stereocenters. The van der Waals surface area contributed by atoms with Gasteiger partial charge >= 0.3 is 0 Å². The van der Waals surface area contributed by atoms with E-state index in [1.54, 1.807) is 27.7 Å². The maximum Gasteiger partial charge on any atom is 0.275 e. The molecular weight excluding hydrogens is 508 g/mol. The average Bonchev–Trinajstić information content (AvgIpc) is 2.89. The Labute approximate surface area is 220 Å². The monoisotopic (exact) mass is 536 g/mol. The quantitative estimate of drug-likeness (QED) is 0.478. The van der Waals surface area contributed by atoms with E-state index in [-0.39, 0.29) is 40.8 Å². The second-order valence-electron chi connectivity index (χ2n) is 9.60. The topological polar surface area (TPSA) is 127 Å². The minimum absolute atomic E-state index is 0.0251. The minimum Gasteiger partial charge on any atom is -0.484 e. The smallest absolute Gasteiger partial charge is 0.275 e. The summed E-state index contributed by atoms with van der Waals surface area (Å²) in [5.74, 6) is 0.316. The molecule has 198 valence electrons. The number of fused-ring (bicyclic) bond motifs is 4. The highest BCUT2D eigenvalue weighted by Gasteiger charge is 2.37. The Hall–Kier alpha value is -4.12. The van der Waals surface area contributed by atoms with Gasteiger partial charge in [0.15, 0.2) is 6.61 Å². The van der Waals surface area contributed by atoms with Crippen molar-refractivity contribution in [1.82, 2.24) is 9.47 Å². The van der Waals surface area contributed by atoms with E-state index >= 15 is 0 Å². The van der Waals surface area contributed by atoms with Crippen molar-refractivity contribution in [3.8, 4) is 5.75 Å². The second-order valence-corrected chi connectivity index (χ2v) is 11.3. The molecule has 1 fully saturated rings. The number of piperidine rings is 1. The van der Waals surface area contributed by atoms with Gasteiger partial charge in [-0.25, -0.2) is 8.42 Å². The fourth-order valence-electron chi connectivity index (χ4n) is 5.10. The van der Waals surface area contributed by atoms with Crippen molar-refractivity contribution in [2.24, 2.45) is 5.92 Å². The first-order valence-corrected chi connectivity index (χ1v) is 13.8.